The third-order valence-corrected chi connectivity index (χ3v) is 4.66. The number of anilines is 4. The first-order valence-corrected chi connectivity index (χ1v) is 9.62. The molecule has 3 aromatic carbocycles. The topological polar surface area (TPSA) is 78.9 Å². The number of alkyl halides is 3. The number of hydrogen-bond acceptors (Lipinski definition) is 4. The van der Waals surface area contributed by atoms with Crippen molar-refractivity contribution in [2.75, 3.05) is 16.0 Å². The SMILES string of the molecule is Cc1ccc(NC(=O)Nc2ccc3ncnc(Nc4cccc(C(F)(F)F)c4)c3c2)cc1. The van der Waals surface area contributed by atoms with Crippen molar-refractivity contribution >= 4 is 39.8 Å². The Kier molecular flexibility index (Phi) is 5.63. The van der Waals surface area contributed by atoms with Crippen LogP contribution in [0, 0.1) is 6.92 Å². The van der Waals surface area contributed by atoms with Gasteiger partial charge < -0.3 is 16.0 Å². The molecule has 3 N–H and O–H groups in total. The van der Waals surface area contributed by atoms with Gasteiger partial charge in [-0.2, -0.15) is 13.2 Å². The van der Waals surface area contributed by atoms with Crippen molar-refractivity contribution in [3.63, 3.8) is 0 Å². The molecule has 0 saturated heterocycles. The lowest BCUT2D eigenvalue weighted by atomic mass is 10.1. The first-order valence-electron chi connectivity index (χ1n) is 9.62. The Balaban J connectivity index is 1.57. The van der Waals surface area contributed by atoms with E-state index >= 15 is 0 Å². The normalized spacial score (nSPS) is 11.2. The van der Waals surface area contributed by atoms with E-state index in [9.17, 15) is 18.0 Å². The Morgan fingerprint density at radius 3 is 2.31 bits per heavy atom. The van der Waals surface area contributed by atoms with Crippen LogP contribution in [0.15, 0.2) is 73.1 Å². The van der Waals surface area contributed by atoms with Crippen molar-refractivity contribution in [2.45, 2.75) is 13.1 Å². The average molecular weight is 437 g/mol. The predicted octanol–water partition coefficient (Wildman–Crippen LogP) is 6.34. The quantitative estimate of drug-likeness (QED) is 0.348. The molecule has 0 fully saturated rings. The number of rotatable bonds is 4. The first-order chi connectivity index (χ1) is 15.3. The van der Waals surface area contributed by atoms with Gasteiger partial charge in [-0.3, -0.25) is 0 Å². The van der Waals surface area contributed by atoms with E-state index in [0.29, 0.717) is 28.1 Å². The third kappa shape index (κ3) is 4.94. The highest BCUT2D eigenvalue weighted by atomic mass is 19.4. The van der Waals surface area contributed by atoms with Gasteiger partial charge in [-0.1, -0.05) is 23.8 Å². The molecule has 2 amide bonds. The molecule has 9 heteroatoms. The minimum absolute atomic E-state index is 0.232. The monoisotopic (exact) mass is 437 g/mol. The van der Waals surface area contributed by atoms with E-state index < -0.39 is 17.8 Å². The number of carbonyl (C=O) groups is 1. The van der Waals surface area contributed by atoms with E-state index in [-0.39, 0.29) is 5.69 Å². The van der Waals surface area contributed by atoms with Gasteiger partial charge in [0.15, 0.2) is 0 Å². The highest BCUT2D eigenvalue weighted by molar-refractivity contribution is 6.02. The highest BCUT2D eigenvalue weighted by Crippen LogP contribution is 2.32. The van der Waals surface area contributed by atoms with Crippen LogP contribution in [-0.2, 0) is 6.18 Å². The van der Waals surface area contributed by atoms with Gasteiger partial charge in [-0.05, 0) is 55.5 Å². The number of fused-ring (bicyclic) bond motifs is 1. The van der Waals surface area contributed by atoms with Gasteiger partial charge >= 0.3 is 12.2 Å². The van der Waals surface area contributed by atoms with Crippen molar-refractivity contribution in [3.05, 3.63) is 84.2 Å². The Labute approximate surface area is 181 Å². The molecule has 0 aliphatic rings. The van der Waals surface area contributed by atoms with Crippen molar-refractivity contribution < 1.29 is 18.0 Å². The number of halogens is 3. The van der Waals surface area contributed by atoms with Crippen LogP contribution in [0.1, 0.15) is 11.1 Å². The summed E-state index contributed by atoms with van der Waals surface area (Å²) < 4.78 is 39.0. The summed E-state index contributed by atoms with van der Waals surface area (Å²) in [7, 11) is 0. The molecule has 1 aromatic heterocycles. The lowest BCUT2D eigenvalue weighted by molar-refractivity contribution is -0.137. The fraction of sp³-hybridized carbons (Fsp3) is 0.0870. The molecular formula is C23H18F3N5O. The van der Waals surface area contributed by atoms with Crippen molar-refractivity contribution in [2.24, 2.45) is 0 Å². The maximum Gasteiger partial charge on any atom is 0.416 e. The summed E-state index contributed by atoms with van der Waals surface area (Å²) in [6.07, 6.45) is -3.14. The second kappa shape index (κ2) is 8.54. The minimum Gasteiger partial charge on any atom is -0.340 e. The second-order valence-corrected chi connectivity index (χ2v) is 7.10. The van der Waals surface area contributed by atoms with Crippen LogP contribution in [0.2, 0.25) is 0 Å². The molecule has 0 radical (unpaired) electrons. The molecule has 0 unspecified atom stereocenters. The van der Waals surface area contributed by atoms with E-state index in [1.165, 1.54) is 18.5 Å². The summed E-state index contributed by atoms with van der Waals surface area (Å²) in [4.78, 5) is 20.7. The number of carbonyl (C=O) groups excluding carboxylic acids is 1. The fourth-order valence-corrected chi connectivity index (χ4v) is 3.07. The van der Waals surface area contributed by atoms with Crippen LogP contribution in [0.3, 0.4) is 0 Å². The Bertz CT molecular complexity index is 1270. The zero-order valence-corrected chi connectivity index (χ0v) is 16.9. The standard InChI is InChI=1S/C23H18F3N5O/c1-14-5-7-16(8-6-14)30-22(32)31-18-9-10-20-19(12-18)21(28-13-27-20)29-17-4-2-3-15(11-17)23(24,25)26/h2-13H,1H3,(H,27,28,29)(H2,30,31,32). The molecule has 32 heavy (non-hydrogen) atoms. The van der Waals surface area contributed by atoms with Gasteiger partial charge in [0.05, 0.1) is 11.1 Å². The van der Waals surface area contributed by atoms with Crippen LogP contribution < -0.4 is 16.0 Å². The summed E-state index contributed by atoms with van der Waals surface area (Å²) in [6.45, 7) is 1.95. The van der Waals surface area contributed by atoms with Gasteiger partial charge in [0.1, 0.15) is 12.1 Å². The van der Waals surface area contributed by atoms with Gasteiger partial charge in [0.2, 0.25) is 0 Å². The summed E-state index contributed by atoms with van der Waals surface area (Å²) >= 11 is 0. The number of nitrogens with one attached hydrogen (secondary N) is 3. The third-order valence-electron chi connectivity index (χ3n) is 4.66. The van der Waals surface area contributed by atoms with Gasteiger partial charge in [0, 0.05) is 22.4 Å². The van der Waals surface area contributed by atoms with Crippen molar-refractivity contribution in [1.29, 1.82) is 0 Å². The molecular weight excluding hydrogens is 419 g/mol. The smallest absolute Gasteiger partial charge is 0.340 e. The van der Waals surface area contributed by atoms with Crippen LogP contribution >= 0.6 is 0 Å². The zero-order valence-electron chi connectivity index (χ0n) is 16.9. The molecule has 162 valence electrons. The van der Waals surface area contributed by atoms with Crippen LogP contribution in [0.4, 0.5) is 40.8 Å². The van der Waals surface area contributed by atoms with Crippen LogP contribution in [0.5, 0.6) is 0 Å². The van der Waals surface area contributed by atoms with Crippen molar-refractivity contribution in [3.8, 4) is 0 Å². The number of amides is 2. The molecule has 0 spiro atoms. The minimum atomic E-state index is -4.45. The number of aryl methyl sites for hydroxylation is 1. The van der Waals surface area contributed by atoms with E-state index in [2.05, 4.69) is 25.9 Å². The Hall–Kier alpha value is -4.14. The molecule has 0 bridgehead atoms. The average Bonchev–Trinajstić information content (AvgIpc) is 2.75. The second-order valence-electron chi connectivity index (χ2n) is 7.10. The summed E-state index contributed by atoms with van der Waals surface area (Å²) in [5.41, 5.74) is 2.23. The van der Waals surface area contributed by atoms with E-state index in [0.717, 1.165) is 17.7 Å². The van der Waals surface area contributed by atoms with E-state index in [4.69, 9.17) is 0 Å². The highest BCUT2D eigenvalue weighted by Gasteiger charge is 2.30. The lowest BCUT2D eigenvalue weighted by Crippen LogP contribution is -2.19. The maximum absolute atomic E-state index is 13.0. The van der Waals surface area contributed by atoms with Gasteiger partial charge in [0.25, 0.3) is 0 Å². The fourth-order valence-electron chi connectivity index (χ4n) is 3.07. The number of aromatic nitrogens is 2. The number of benzene rings is 3. The number of nitrogens with zero attached hydrogens (tertiary/aromatic N) is 2. The number of hydrogen-bond donors (Lipinski definition) is 3. The summed E-state index contributed by atoms with van der Waals surface area (Å²) in [6, 6.07) is 16.8. The van der Waals surface area contributed by atoms with Crippen LogP contribution in [0.25, 0.3) is 10.9 Å². The molecule has 6 nitrogen and oxygen atoms in total. The Morgan fingerprint density at radius 2 is 1.56 bits per heavy atom. The predicted molar refractivity (Wildman–Crippen MR) is 118 cm³/mol. The number of urea groups is 1. The Morgan fingerprint density at radius 1 is 0.844 bits per heavy atom. The molecule has 0 aliphatic carbocycles. The van der Waals surface area contributed by atoms with Gasteiger partial charge in [-0.15, -0.1) is 0 Å². The molecule has 4 rings (SSSR count). The molecule has 1 heterocycles. The molecule has 0 saturated carbocycles. The van der Waals surface area contributed by atoms with E-state index in [1.807, 2.05) is 19.1 Å². The largest absolute Gasteiger partial charge is 0.416 e. The molecule has 0 aliphatic heterocycles. The lowest BCUT2D eigenvalue weighted by Gasteiger charge is -2.12. The summed E-state index contributed by atoms with van der Waals surface area (Å²) in [5.74, 6) is 0.317. The van der Waals surface area contributed by atoms with E-state index in [1.54, 1.807) is 30.3 Å². The molecule has 4 aromatic rings. The maximum atomic E-state index is 13.0. The first kappa shape index (κ1) is 21.1. The van der Waals surface area contributed by atoms with Gasteiger partial charge in [-0.25, -0.2) is 14.8 Å². The summed E-state index contributed by atoms with van der Waals surface area (Å²) in [5, 5.41) is 8.92. The molecule has 0 atom stereocenters. The van der Waals surface area contributed by atoms with Crippen LogP contribution in [-0.4, -0.2) is 16.0 Å². The zero-order chi connectivity index (χ0) is 22.7. The van der Waals surface area contributed by atoms with Crippen molar-refractivity contribution in [1.82, 2.24) is 9.97 Å².